The van der Waals surface area contributed by atoms with E-state index in [1.165, 1.54) is 4.90 Å². The van der Waals surface area contributed by atoms with E-state index < -0.39 is 6.09 Å². The Balaban J connectivity index is 1.70. The Morgan fingerprint density at radius 1 is 1.23 bits per heavy atom. The minimum atomic E-state index is -0.405. The molecule has 1 aromatic carbocycles. The molecule has 2 aliphatic rings. The highest BCUT2D eigenvalue weighted by atomic mass is 16.6. The predicted octanol–water partition coefficient (Wildman–Crippen LogP) is 2.48. The van der Waals surface area contributed by atoms with Crippen molar-refractivity contribution in [3.05, 3.63) is 24.3 Å². The van der Waals surface area contributed by atoms with Crippen LogP contribution in [-0.4, -0.2) is 49.0 Å². The van der Waals surface area contributed by atoms with Crippen molar-refractivity contribution in [2.24, 2.45) is 11.8 Å². The summed E-state index contributed by atoms with van der Waals surface area (Å²) in [5, 5.41) is 2.94. The second kappa shape index (κ2) is 7.76. The fraction of sp³-hybridized carbons (Fsp3) is 0.526. The molecule has 3 amide bonds. The summed E-state index contributed by atoms with van der Waals surface area (Å²) in [4.78, 5) is 40.1. The Kier molecular flexibility index (Phi) is 5.44. The Bertz CT molecular complexity index is 704. The third-order valence-corrected chi connectivity index (χ3v) is 4.81. The smallest absolute Gasteiger partial charge is 0.414 e. The van der Waals surface area contributed by atoms with Crippen LogP contribution in [0.25, 0.3) is 0 Å². The summed E-state index contributed by atoms with van der Waals surface area (Å²) >= 11 is 0. The van der Waals surface area contributed by atoms with Gasteiger partial charge in [0.2, 0.25) is 11.8 Å². The Morgan fingerprint density at radius 3 is 2.69 bits per heavy atom. The number of hydrogen-bond acceptors (Lipinski definition) is 4. The van der Waals surface area contributed by atoms with E-state index in [2.05, 4.69) is 5.32 Å². The molecule has 1 aromatic rings. The lowest BCUT2D eigenvalue weighted by atomic mass is 9.96. The molecule has 7 nitrogen and oxygen atoms in total. The third kappa shape index (κ3) is 3.81. The van der Waals surface area contributed by atoms with Crippen LogP contribution in [0.4, 0.5) is 16.2 Å². The van der Waals surface area contributed by atoms with E-state index in [0.717, 1.165) is 12.8 Å². The number of cyclic esters (lactones) is 1. The molecule has 7 heteroatoms. The summed E-state index contributed by atoms with van der Waals surface area (Å²) < 4.78 is 4.99. The molecule has 3 rings (SSSR count). The molecule has 0 bridgehead atoms. The van der Waals surface area contributed by atoms with Crippen LogP contribution >= 0.6 is 0 Å². The lowest BCUT2D eigenvalue weighted by Gasteiger charge is -2.33. The molecule has 0 aromatic heterocycles. The molecule has 0 spiro atoms. The summed E-state index contributed by atoms with van der Waals surface area (Å²) in [6.07, 6.45) is 1.16. The first kappa shape index (κ1) is 18.2. The number of nitrogens with one attached hydrogen (secondary N) is 1. The minimum Gasteiger partial charge on any atom is -0.447 e. The molecule has 1 N–H and O–H groups in total. The maximum absolute atomic E-state index is 12.8. The average Bonchev–Trinajstić information content (AvgIpc) is 3.07. The van der Waals surface area contributed by atoms with Crippen LogP contribution in [0.5, 0.6) is 0 Å². The van der Waals surface area contributed by atoms with Crippen molar-refractivity contribution in [2.75, 3.05) is 36.5 Å². The van der Waals surface area contributed by atoms with Gasteiger partial charge in [0.05, 0.1) is 23.8 Å². The molecule has 140 valence electrons. The van der Waals surface area contributed by atoms with Gasteiger partial charge in [-0.3, -0.25) is 14.5 Å². The lowest BCUT2D eigenvalue weighted by molar-refractivity contribution is -0.137. The number of ether oxygens (including phenoxy) is 1. The fourth-order valence-electron chi connectivity index (χ4n) is 3.42. The van der Waals surface area contributed by atoms with E-state index in [1.54, 1.807) is 17.0 Å². The number of hydrogen-bond donors (Lipinski definition) is 1. The largest absolute Gasteiger partial charge is 0.447 e. The maximum Gasteiger partial charge on any atom is 0.414 e. The molecule has 0 unspecified atom stereocenters. The Labute approximate surface area is 153 Å². The van der Waals surface area contributed by atoms with E-state index in [0.29, 0.717) is 37.6 Å². The topological polar surface area (TPSA) is 79.0 Å². The van der Waals surface area contributed by atoms with Crippen LogP contribution in [0.3, 0.4) is 0 Å². The van der Waals surface area contributed by atoms with Gasteiger partial charge >= 0.3 is 6.09 Å². The van der Waals surface area contributed by atoms with Crippen LogP contribution in [-0.2, 0) is 14.3 Å². The van der Waals surface area contributed by atoms with Gasteiger partial charge < -0.3 is 15.0 Å². The summed E-state index contributed by atoms with van der Waals surface area (Å²) in [5.74, 6) is -0.349. The number of nitrogens with zero attached hydrogens (tertiary/aromatic N) is 2. The van der Waals surface area contributed by atoms with Gasteiger partial charge in [0.1, 0.15) is 6.61 Å². The monoisotopic (exact) mass is 359 g/mol. The van der Waals surface area contributed by atoms with Gasteiger partial charge in [-0.25, -0.2) is 4.79 Å². The SMILES string of the molecule is CC(C)C(=O)N1CCC[C@@H](C(=O)Nc2ccccc2N2CCOC2=O)C1. The summed E-state index contributed by atoms with van der Waals surface area (Å²) in [7, 11) is 0. The number of piperidine rings is 1. The van der Waals surface area contributed by atoms with Crippen molar-refractivity contribution in [3.8, 4) is 0 Å². The zero-order valence-electron chi connectivity index (χ0n) is 15.2. The number of rotatable bonds is 4. The highest BCUT2D eigenvalue weighted by Gasteiger charge is 2.31. The number of para-hydroxylation sites is 2. The van der Waals surface area contributed by atoms with Gasteiger partial charge in [-0.05, 0) is 25.0 Å². The van der Waals surface area contributed by atoms with Crippen LogP contribution < -0.4 is 10.2 Å². The van der Waals surface area contributed by atoms with Crippen molar-refractivity contribution in [1.29, 1.82) is 0 Å². The molecular weight excluding hydrogens is 334 g/mol. The molecule has 2 heterocycles. The van der Waals surface area contributed by atoms with E-state index in [1.807, 2.05) is 26.0 Å². The van der Waals surface area contributed by atoms with E-state index in [4.69, 9.17) is 4.74 Å². The normalized spacial score (nSPS) is 20.3. The number of carbonyl (C=O) groups excluding carboxylic acids is 3. The molecule has 0 saturated carbocycles. The second-order valence-corrected chi connectivity index (χ2v) is 7.05. The zero-order valence-corrected chi connectivity index (χ0v) is 15.2. The average molecular weight is 359 g/mol. The molecule has 2 aliphatic heterocycles. The molecule has 0 aliphatic carbocycles. The summed E-state index contributed by atoms with van der Waals surface area (Å²) in [6, 6.07) is 7.20. The van der Waals surface area contributed by atoms with Gasteiger partial charge in [-0.15, -0.1) is 0 Å². The molecule has 2 fully saturated rings. The van der Waals surface area contributed by atoms with Crippen molar-refractivity contribution in [1.82, 2.24) is 4.90 Å². The summed E-state index contributed by atoms with van der Waals surface area (Å²) in [5.41, 5.74) is 1.22. The van der Waals surface area contributed by atoms with Gasteiger partial charge in [-0.2, -0.15) is 0 Å². The zero-order chi connectivity index (χ0) is 18.7. The van der Waals surface area contributed by atoms with Crippen molar-refractivity contribution in [2.45, 2.75) is 26.7 Å². The highest BCUT2D eigenvalue weighted by molar-refractivity contribution is 6.00. The number of carbonyl (C=O) groups is 3. The first-order valence-corrected chi connectivity index (χ1v) is 9.10. The second-order valence-electron chi connectivity index (χ2n) is 7.05. The first-order chi connectivity index (χ1) is 12.5. The van der Waals surface area contributed by atoms with Crippen molar-refractivity contribution >= 4 is 29.3 Å². The number of anilines is 2. The van der Waals surface area contributed by atoms with Crippen LogP contribution in [0.1, 0.15) is 26.7 Å². The van der Waals surface area contributed by atoms with E-state index in [-0.39, 0.29) is 23.7 Å². The van der Waals surface area contributed by atoms with E-state index >= 15 is 0 Å². The summed E-state index contributed by atoms with van der Waals surface area (Å²) in [6.45, 7) is 5.70. The van der Waals surface area contributed by atoms with Crippen molar-refractivity contribution < 1.29 is 19.1 Å². The predicted molar refractivity (Wildman–Crippen MR) is 97.9 cm³/mol. The van der Waals surface area contributed by atoms with E-state index in [9.17, 15) is 14.4 Å². The molecular formula is C19H25N3O4. The fourth-order valence-corrected chi connectivity index (χ4v) is 3.42. The van der Waals surface area contributed by atoms with Gasteiger partial charge in [0.15, 0.2) is 0 Å². The maximum atomic E-state index is 12.8. The Morgan fingerprint density at radius 2 is 2.00 bits per heavy atom. The molecule has 2 saturated heterocycles. The van der Waals surface area contributed by atoms with Crippen LogP contribution in [0.2, 0.25) is 0 Å². The highest BCUT2D eigenvalue weighted by Crippen LogP contribution is 2.29. The van der Waals surface area contributed by atoms with Crippen LogP contribution in [0, 0.1) is 11.8 Å². The van der Waals surface area contributed by atoms with Crippen LogP contribution in [0.15, 0.2) is 24.3 Å². The first-order valence-electron chi connectivity index (χ1n) is 9.10. The standard InChI is InChI=1S/C19H25N3O4/c1-13(2)18(24)21-9-5-6-14(12-21)17(23)20-15-7-3-4-8-16(15)22-10-11-26-19(22)25/h3-4,7-8,13-14H,5-6,9-12H2,1-2H3,(H,20,23)/t14-/m1/s1. The van der Waals surface area contributed by atoms with Crippen molar-refractivity contribution in [3.63, 3.8) is 0 Å². The molecule has 1 atom stereocenters. The third-order valence-electron chi connectivity index (χ3n) is 4.81. The molecule has 0 radical (unpaired) electrons. The number of likely N-dealkylation sites (tertiary alicyclic amines) is 1. The number of amides is 3. The Hall–Kier alpha value is -2.57. The lowest BCUT2D eigenvalue weighted by Crippen LogP contribution is -2.45. The van der Waals surface area contributed by atoms with Gasteiger partial charge in [0, 0.05) is 19.0 Å². The van der Waals surface area contributed by atoms with Gasteiger partial charge in [-0.1, -0.05) is 26.0 Å². The number of benzene rings is 1. The molecule has 26 heavy (non-hydrogen) atoms. The quantitative estimate of drug-likeness (QED) is 0.896. The van der Waals surface area contributed by atoms with Gasteiger partial charge in [0.25, 0.3) is 0 Å². The minimum absolute atomic E-state index is 0.0706.